The molecule has 0 bridgehead atoms. The van der Waals surface area contributed by atoms with E-state index in [0.717, 1.165) is 49.1 Å². The van der Waals surface area contributed by atoms with E-state index >= 15 is 0 Å². The molecule has 6 nitrogen and oxygen atoms in total. The molecule has 1 aromatic heterocycles. The summed E-state index contributed by atoms with van der Waals surface area (Å²) in [6, 6.07) is 15.8. The highest BCUT2D eigenvalue weighted by molar-refractivity contribution is 6.30. The Morgan fingerprint density at radius 3 is 2.53 bits per heavy atom. The molecule has 1 spiro atoms. The maximum absolute atomic E-state index is 12.8. The Morgan fingerprint density at radius 2 is 1.82 bits per heavy atom. The van der Waals surface area contributed by atoms with Crippen LogP contribution in [-0.4, -0.2) is 33.3 Å². The number of benzene rings is 2. The van der Waals surface area contributed by atoms with Crippen molar-refractivity contribution in [3.05, 3.63) is 87.7 Å². The van der Waals surface area contributed by atoms with E-state index in [2.05, 4.69) is 38.2 Å². The molecular weight excluding hydrogens is 584 g/mol. The molecule has 3 N–H and O–H groups in total. The highest BCUT2D eigenvalue weighted by Gasteiger charge is 2.54. The summed E-state index contributed by atoms with van der Waals surface area (Å²) in [4.78, 5) is 17.6. The maximum atomic E-state index is 12.8. The van der Waals surface area contributed by atoms with Crippen molar-refractivity contribution in [1.82, 2.24) is 4.98 Å². The standard InChI is InChI=1S/C38H47ClN2O4/c1-23(22-45-33-12-17-40-35-25(3)9-8-24(2)34(33)35)18-29-19-28-11-10-27(26(4)42)20-32(28)37(29)13-15-38(16-14-37,36(43)44)41-31-7-5-6-30(39)21-31/h5-7,10-12,17,20-21,23-26,29,41-42H,8-9,13-16,18-19,22H2,1-4H3,(H,43,44)/t23-,24-,25-,26?,29+,37?,38?/m1/s1. The Balaban J connectivity index is 1.24. The Bertz CT molecular complexity index is 1550. The number of aliphatic hydroxyl groups is 1. The third-order valence-electron chi connectivity index (χ3n) is 11.2. The van der Waals surface area contributed by atoms with Crippen LogP contribution in [0.15, 0.2) is 54.7 Å². The van der Waals surface area contributed by atoms with E-state index in [0.29, 0.717) is 48.1 Å². The molecular formula is C38H47ClN2O4. The highest BCUT2D eigenvalue weighted by Crippen LogP contribution is 2.56. The van der Waals surface area contributed by atoms with Crippen molar-refractivity contribution in [2.24, 2.45) is 11.8 Å². The monoisotopic (exact) mass is 630 g/mol. The van der Waals surface area contributed by atoms with E-state index in [1.54, 1.807) is 12.1 Å². The van der Waals surface area contributed by atoms with Crippen molar-refractivity contribution in [1.29, 1.82) is 0 Å². The number of carboxylic acid groups (broad SMARTS) is 1. The molecule has 240 valence electrons. The maximum Gasteiger partial charge on any atom is 0.329 e. The van der Waals surface area contributed by atoms with Crippen LogP contribution in [0.1, 0.15) is 119 Å². The lowest BCUT2D eigenvalue weighted by Crippen LogP contribution is -2.53. The zero-order chi connectivity index (χ0) is 31.9. The molecule has 3 aliphatic rings. The number of pyridine rings is 1. The van der Waals surface area contributed by atoms with Crippen molar-refractivity contribution in [2.45, 2.75) is 108 Å². The summed E-state index contributed by atoms with van der Waals surface area (Å²) in [7, 11) is 0. The number of halogens is 1. The number of nitrogens with zero attached hydrogens (tertiary/aromatic N) is 1. The number of nitrogens with one attached hydrogen (secondary N) is 1. The van der Waals surface area contributed by atoms with Crippen molar-refractivity contribution in [3.8, 4) is 5.75 Å². The van der Waals surface area contributed by atoms with Crippen LogP contribution in [-0.2, 0) is 16.6 Å². The molecule has 3 aromatic rings. The molecule has 1 fully saturated rings. The normalized spacial score (nSPS) is 28.6. The zero-order valence-electron chi connectivity index (χ0n) is 27.0. The fourth-order valence-corrected chi connectivity index (χ4v) is 8.76. The molecule has 0 aliphatic heterocycles. The number of fused-ring (bicyclic) bond motifs is 3. The van der Waals surface area contributed by atoms with E-state index in [9.17, 15) is 15.0 Å². The summed E-state index contributed by atoms with van der Waals surface area (Å²) in [6.07, 6.45) is 8.14. The number of aliphatic carboxylic acids is 1. The number of carbonyl (C=O) groups is 1. The Labute approximate surface area is 272 Å². The predicted octanol–water partition coefficient (Wildman–Crippen LogP) is 8.81. The number of hydrogen-bond acceptors (Lipinski definition) is 5. The Morgan fingerprint density at radius 1 is 1.07 bits per heavy atom. The van der Waals surface area contributed by atoms with Crippen molar-refractivity contribution >= 4 is 23.3 Å². The van der Waals surface area contributed by atoms with Gasteiger partial charge in [0.15, 0.2) is 0 Å². The minimum absolute atomic E-state index is 0.150. The van der Waals surface area contributed by atoms with Crippen LogP contribution in [0, 0.1) is 11.8 Å². The van der Waals surface area contributed by atoms with Crippen molar-refractivity contribution < 1.29 is 19.7 Å². The molecule has 1 heterocycles. The Hall–Kier alpha value is -3.09. The van der Waals surface area contributed by atoms with Gasteiger partial charge in [-0.3, -0.25) is 4.98 Å². The van der Waals surface area contributed by atoms with Crippen LogP contribution in [0.2, 0.25) is 5.02 Å². The van der Waals surface area contributed by atoms with Gasteiger partial charge in [0.1, 0.15) is 11.3 Å². The van der Waals surface area contributed by atoms with E-state index in [4.69, 9.17) is 21.3 Å². The van der Waals surface area contributed by atoms with Gasteiger partial charge in [-0.25, -0.2) is 4.79 Å². The molecule has 5 atom stereocenters. The summed E-state index contributed by atoms with van der Waals surface area (Å²) < 4.78 is 6.57. The van der Waals surface area contributed by atoms with Gasteiger partial charge < -0.3 is 20.3 Å². The smallest absolute Gasteiger partial charge is 0.329 e. The number of hydrogen-bond donors (Lipinski definition) is 3. The van der Waals surface area contributed by atoms with E-state index in [-0.39, 0.29) is 5.41 Å². The molecule has 6 rings (SSSR count). The summed E-state index contributed by atoms with van der Waals surface area (Å²) >= 11 is 6.24. The first-order valence-electron chi connectivity index (χ1n) is 16.7. The first-order chi connectivity index (χ1) is 21.5. The van der Waals surface area contributed by atoms with Crippen LogP contribution in [0.25, 0.3) is 0 Å². The molecule has 1 saturated carbocycles. The second-order valence-electron chi connectivity index (χ2n) is 14.3. The average Bonchev–Trinajstić information content (AvgIpc) is 3.30. The third kappa shape index (κ3) is 6.08. The topological polar surface area (TPSA) is 91.7 Å². The van der Waals surface area contributed by atoms with Crippen LogP contribution in [0.4, 0.5) is 5.69 Å². The van der Waals surface area contributed by atoms with Crippen molar-refractivity contribution in [3.63, 3.8) is 0 Å². The quantitative estimate of drug-likeness (QED) is 0.219. The molecule has 1 unspecified atom stereocenters. The minimum Gasteiger partial charge on any atom is -0.493 e. The number of anilines is 1. The fraction of sp³-hybridized carbons (Fsp3) is 0.526. The summed E-state index contributed by atoms with van der Waals surface area (Å²) in [6.45, 7) is 9.27. The van der Waals surface area contributed by atoms with Crippen molar-refractivity contribution in [2.75, 3.05) is 11.9 Å². The molecule has 0 radical (unpaired) electrons. The minimum atomic E-state index is -1.06. The van der Waals surface area contributed by atoms with Crippen LogP contribution >= 0.6 is 11.6 Å². The van der Waals surface area contributed by atoms with Gasteiger partial charge in [0.05, 0.1) is 18.4 Å². The van der Waals surface area contributed by atoms with Gasteiger partial charge in [-0.05, 0) is 128 Å². The van der Waals surface area contributed by atoms with E-state index in [1.165, 1.54) is 28.8 Å². The molecule has 3 aliphatic carbocycles. The molecule has 45 heavy (non-hydrogen) atoms. The molecule has 7 heteroatoms. The molecule has 2 aromatic carbocycles. The Kier molecular flexibility index (Phi) is 8.93. The number of carboxylic acids is 1. The van der Waals surface area contributed by atoms with Gasteiger partial charge in [-0.2, -0.15) is 0 Å². The summed E-state index contributed by atoms with van der Waals surface area (Å²) in [5.41, 5.74) is 5.53. The van der Waals surface area contributed by atoms with Gasteiger partial charge in [0, 0.05) is 22.5 Å². The summed E-state index contributed by atoms with van der Waals surface area (Å²) in [5.74, 6) is 1.73. The first kappa shape index (κ1) is 31.9. The number of aliphatic hydroxyl groups excluding tert-OH is 1. The number of ether oxygens (including phenoxy) is 1. The zero-order valence-corrected chi connectivity index (χ0v) is 27.7. The lowest BCUT2D eigenvalue weighted by Gasteiger charge is -2.47. The van der Waals surface area contributed by atoms with E-state index in [1.807, 2.05) is 37.4 Å². The number of aromatic nitrogens is 1. The SMILES string of the molecule is CC(O)c1ccc2c(c1)C1(CCC(Nc3cccc(Cl)c3)(C(=O)O)CC1)[C@@H](C[C@@H](C)COc1ccnc3c1[C@H](C)CC[C@H]3C)C2. The third-order valence-corrected chi connectivity index (χ3v) is 11.4. The van der Waals surface area contributed by atoms with Crippen LogP contribution < -0.4 is 10.1 Å². The second kappa shape index (κ2) is 12.6. The van der Waals surface area contributed by atoms with Gasteiger partial charge in [-0.1, -0.05) is 56.6 Å². The fourth-order valence-electron chi connectivity index (χ4n) is 8.57. The second-order valence-corrected chi connectivity index (χ2v) is 14.7. The largest absolute Gasteiger partial charge is 0.493 e. The van der Waals surface area contributed by atoms with Gasteiger partial charge >= 0.3 is 5.97 Å². The lowest BCUT2D eigenvalue weighted by molar-refractivity contribution is -0.144. The van der Waals surface area contributed by atoms with Crippen LogP contribution in [0.5, 0.6) is 5.75 Å². The molecule has 0 amide bonds. The highest BCUT2D eigenvalue weighted by atomic mass is 35.5. The lowest BCUT2D eigenvalue weighted by atomic mass is 9.59. The van der Waals surface area contributed by atoms with Gasteiger partial charge in [0.2, 0.25) is 0 Å². The average molecular weight is 631 g/mol. The predicted molar refractivity (Wildman–Crippen MR) is 179 cm³/mol. The van der Waals surface area contributed by atoms with Gasteiger partial charge in [0.25, 0.3) is 0 Å². The van der Waals surface area contributed by atoms with E-state index < -0.39 is 17.6 Å². The number of rotatable bonds is 9. The first-order valence-corrected chi connectivity index (χ1v) is 17.1. The van der Waals surface area contributed by atoms with Gasteiger partial charge in [-0.15, -0.1) is 0 Å². The summed E-state index contributed by atoms with van der Waals surface area (Å²) in [5, 5.41) is 24.9. The van der Waals surface area contributed by atoms with Crippen LogP contribution in [0.3, 0.4) is 0 Å². The molecule has 0 saturated heterocycles.